The number of aliphatic hydroxyl groups excluding tert-OH is 1. The molecule has 0 aliphatic carbocycles. The quantitative estimate of drug-likeness (QED) is 0.178. The first-order valence-electron chi connectivity index (χ1n) is 12.3. The van der Waals surface area contributed by atoms with Crippen molar-refractivity contribution in [1.29, 1.82) is 0 Å². The summed E-state index contributed by atoms with van der Waals surface area (Å²) in [5.74, 6) is -4.35. The lowest BCUT2D eigenvalue weighted by molar-refractivity contribution is -0.132. The minimum atomic E-state index is -1.14. The highest BCUT2D eigenvalue weighted by molar-refractivity contribution is 6.52. The van der Waals surface area contributed by atoms with Crippen LogP contribution in [0.25, 0.3) is 16.5 Å². The van der Waals surface area contributed by atoms with Crippen molar-refractivity contribution >= 4 is 33.9 Å². The van der Waals surface area contributed by atoms with E-state index >= 15 is 0 Å². The van der Waals surface area contributed by atoms with Crippen LogP contribution in [0.2, 0.25) is 0 Å². The van der Waals surface area contributed by atoms with E-state index < -0.39 is 29.4 Å². The molecule has 1 aliphatic rings. The number of anilines is 1. The zero-order valence-corrected chi connectivity index (χ0v) is 21.5. The minimum Gasteiger partial charge on any atom is -0.507 e. The molecule has 1 saturated heterocycles. The summed E-state index contributed by atoms with van der Waals surface area (Å²) in [4.78, 5) is 28.2. The van der Waals surface area contributed by atoms with Gasteiger partial charge in [-0.1, -0.05) is 75.4 Å². The Labute approximate surface area is 219 Å². The smallest absolute Gasteiger partial charge is 0.300 e. The molecule has 1 atom stereocenters. The van der Waals surface area contributed by atoms with Gasteiger partial charge < -0.3 is 5.11 Å². The van der Waals surface area contributed by atoms with Crippen molar-refractivity contribution in [3.63, 3.8) is 0 Å². The van der Waals surface area contributed by atoms with E-state index in [1.54, 1.807) is 12.1 Å². The number of amides is 1. The van der Waals surface area contributed by atoms with Crippen LogP contribution in [0.5, 0.6) is 0 Å². The highest BCUT2D eigenvalue weighted by Gasteiger charge is 2.47. The zero-order valence-electron chi connectivity index (χ0n) is 21.5. The Balaban J connectivity index is 1.83. The van der Waals surface area contributed by atoms with E-state index in [0.29, 0.717) is 11.1 Å². The van der Waals surface area contributed by atoms with Gasteiger partial charge in [0.1, 0.15) is 5.76 Å². The van der Waals surface area contributed by atoms with Gasteiger partial charge in [-0.15, -0.1) is 0 Å². The molecule has 0 spiro atoms. The van der Waals surface area contributed by atoms with Crippen molar-refractivity contribution in [3.05, 3.63) is 118 Å². The molecule has 1 amide bonds. The number of Topliss-reactive ketones (excluding diaryl/α,β-unsaturated/α-hetero) is 1. The van der Waals surface area contributed by atoms with E-state index in [4.69, 9.17) is 0 Å². The van der Waals surface area contributed by atoms with Gasteiger partial charge in [0.15, 0.2) is 11.6 Å². The Morgan fingerprint density at radius 1 is 0.868 bits per heavy atom. The van der Waals surface area contributed by atoms with Crippen molar-refractivity contribution < 1.29 is 23.5 Å². The summed E-state index contributed by atoms with van der Waals surface area (Å²) >= 11 is 0. The van der Waals surface area contributed by atoms with Crippen LogP contribution in [0.3, 0.4) is 0 Å². The Bertz CT molecular complexity index is 1640. The maximum Gasteiger partial charge on any atom is 0.300 e. The van der Waals surface area contributed by atoms with E-state index in [2.05, 4.69) is 0 Å². The highest BCUT2D eigenvalue weighted by Crippen LogP contribution is 2.45. The summed E-state index contributed by atoms with van der Waals surface area (Å²) in [6.45, 7) is 7.94. The average molecular weight is 512 g/mol. The fourth-order valence-electron chi connectivity index (χ4n) is 5.01. The molecule has 4 nitrogen and oxygen atoms in total. The summed E-state index contributed by atoms with van der Waals surface area (Å²) in [5.41, 5.74) is 2.38. The summed E-state index contributed by atoms with van der Waals surface area (Å²) in [6, 6.07) is 20.6. The van der Waals surface area contributed by atoms with Crippen LogP contribution in [0.15, 0.2) is 84.4 Å². The summed E-state index contributed by atoms with van der Waals surface area (Å²) in [6.07, 6.45) is 0. The van der Waals surface area contributed by atoms with Crippen LogP contribution < -0.4 is 4.90 Å². The molecule has 5 rings (SSSR count). The monoisotopic (exact) mass is 511 g/mol. The van der Waals surface area contributed by atoms with Gasteiger partial charge >= 0.3 is 0 Å². The Morgan fingerprint density at radius 2 is 1.58 bits per heavy atom. The number of halogens is 2. The first-order valence-corrected chi connectivity index (χ1v) is 12.3. The van der Waals surface area contributed by atoms with Crippen molar-refractivity contribution in [2.45, 2.75) is 39.2 Å². The number of ketones is 1. The molecule has 1 N–H and O–H groups in total. The molecule has 1 fully saturated rings. The number of rotatable bonds is 3. The minimum absolute atomic E-state index is 0.0168. The lowest BCUT2D eigenvalue weighted by Gasteiger charge is -2.27. The van der Waals surface area contributed by atoms with Crippen LogP contribution in [-0.4, -0.2) is 16.8 Å². The van der Waals surface area contributed by atoms with Crippen molar-refractivity contribution in [2.75, 3.05) is 4.90 Å². The number of hydrogen-bond donors (Lipinski definition) is 1. The van der Waals surface area contributed by atoms with Gasteiger partial charge in [-0.25, -0.2) is 8.78 Å². The van der Waals surface area contributed by atoms with Gasteiger partial charge in [-0.3, -0.25) is 14.5 Å². The van der Waals surface area contributed by atoms with E-state index in [9.17, 15) is 23.5 Å². The zero-order chi connectivity index (χ0) is 27.4. The first-order chi connectivity index (χ1) is 18.0. The molecule has 4 aromatic carbocycles. The summed E-state index contributed by atoms with van der Waals surface area (Å²) in [5, 5.41) is 13.3. The Morgan fingerprint density at radius 3 is 2.29 bits per heavy atom. The lowest BCUT2D eigenvalue weighted by Crippen LogP contribution is -2.29. The number of hydrogen-bond acceptors (Lipinski definition) is 3. The van der Waals surface area contributed by atoms with E-state index in [1.165, 1.54) is 6.07 Å². The van der Waals surface area contributed by atoms with Crippen molar-refractivity contribution in [2.24, 2.45) is 0 Å². The van der Waals surface area contributed by atoms with Gasteiger partial charge in [0, 0.05) is 17.3 Å². The molecule has 1 heterocycles. The summed E-state index contributed by atoms with van der Waals surface area (Å²) in [7, 11) is 0. The van der Waals surface area contributed by atoms with Gasteiger partial charge in [-0.2, -0.15) is 0 Å². The molecular weight excluding hydrogens is 484 g/mol. The highest BCUT2D eigenvalue weighted by atomic mass is 19.2. The molecule has 0 saturated carbocycles. The van der Waals surface area contributed by atoms with E-state index in [0.717, 1.165) is 38.9 Å². The predicted molar refractivity (Wildman–Crippen MR) is 145 cm³/mol. The van der Waals surface area contributed by atoms with E-state index in [-0.39, 0.29) is 22.4 Å². The van der Waals surface area contributed by atoms with Gasteiger partial charge in [0.05, 0.1) is 11.6 Å². The second kappa shape index (κ2) is 9.21. The molecule has 0 radical (unpaired) electrons. The molecule has 192 valence electrons. The maximum atomic E-state index is 14.3. The average Bonchev–Trinajstić information content (AvgIpc) is 3.14. The maximum absolute atomic E-state index is 14.3. The Kier molecular flexibility index (Phi) is 6.14. The molecule has 0 bridgehead atoms. The normalized spacial score (nSPS) is 17.4. The third kappa shape index (κ3) is 4.16. The van der Waals surface area contributed by atoms with Gasteiger partial charge in [0.25, 0.3) is 11.7 Å². The topological polar surface area (TPSA) is 57.6 Å². The van der Waals surface area contributed by atoms with Gasteiger partial charge in [-0.05, 0) is 58.0 Å². The van der Waals surface area contributed by atoms with Crippen LogP contribution in [0.4, 0.5) is 14.5 Å². The second-order valence-corrected chi connectivity index (χ2v) is 10.6. The number of fused-ring (bicyclic) bond motifs is 1. The summed E-state index contributed by atoms with van der Waals surface area (Å²) < 4.78 is 28.1. The first kappa shape index (κ1) is 25.3. The molecule has 0 aromatic heterocycles. The lowest BCUT2D eigenvalue weighted by atomic mass is 9.84. The van der Waals surface area contributed by atoms with Crippen molar-refractivity contribution in [1.82, 2.24) is 0 Å². The fourth-order valence-corrected chi connectivity index (χ4v) is 5.01. The van der Waals surface area contributed by atoms with Crippen molar-refractivity contribution in [3.8, 4) is 0 Å². The van der Waals surface area contributed by atoms with Crippen LogP contribution >= 0.6 is 0 Å². The number of aliphatic hydroxyl groups is 1. The Hall–Kier alpha value is -4.32. The fraction of sp³-hybridized carbons (Fsp3) is 0.188. The van der Waals surface area contributed by atoms with Crippen LogP contribution in [0, 0.1) is 18.6 Å². The number of carbonyl (C=O) groups excluding carboxylic acids is 2. The van der Waals surface area contributed by atoms with Crippen LogP contribution in [0.1, 0.15) is 49.1 Å². The molecule has 1 aliphatic heterocycles. The number of carbonyl (C=O) groups is 2. The molecule has 6 heteroatoms. The predicted octanol–water partition coefficient (Wildman–Crippen LogP) is 7.35. The molecular formula is C32H27F2NO3. The van der Waals surface area contributed by atoms with Gasteiger partial charge in [0.2, 0.25) is 0 Å². The SMILES string of the molecule is Cc1ccc(C(C)(C)C)cc1/C(O)=C1\C(=O)C(=O)N(c2ccc(F)c(F)c2)C1c1cccc2ccccc12. The molecule has 38 heavy (non-hydrogen) atoms. The third-order valence-corrected chi connectivity index (χ3v) is 7.10. The number of benzene rings is 4. The number of aryl methyl sites for hydroxylation is 1. The number of nitrogens with zero attached hydrogens (tertiary/aromatic N) is 1. The standard InChI is InChI=1S/C32H27F2NO3/c1-18-12-13-20(32(2,3)4)16-24(18)29(36)27-28(23-11-7-9-19-8-5-6-10-22(19)23)35(31(38)30(27)37)21-14-15-25(33)26(34)17-21/h5-17,28,36H,1-4H3/b29-27+. The molecule has 4 aromatic rings. The van der Waals surface area contributed by atoms with Crippen LogP contribution in [-0.2, 0) is 15.0 Å². The third-order valence-electron chi connectivity index (χ3n) is 7.10. The second-order valence-electron chi connectivity index (χ2n) is 10.6. The van der Waals surface area contributed by atoms with E-state index in [1.807, 2.05) is 76.2 Å². The molecule has 1 unspecified atom stereocenters. The largest absolute Gasteiger partial charge is 0.507 e.